The Balaban J connectivity index is 1.27. The summed E-state index contributed by atoms with van der Waals surface area (Å²) in [5.41, 5.74) is 4.81. The summed E-state index contributed by atoms with van der Waals surface area (Å²) in [4.78, 5) is 29.3. The van der Waals surface area contributed by atoms with E-state index in [1.807, 2.05) is 30.3 Å². The summed E-state index contributed by atoms with van der Waals surface area (Å²) in [6.07, 6.45) is 12.5. The van der Waals surface area contributed by atoms with Crippen LogP contribution < -0.4 is 0 Å². The lowest BCUT2D eigenvalue weighted by atomic mass is 9.58. The number of amides is 2. The van der Waals surface area contributed by atoms with Crippen molar-refractivity contribution in [3.8, 4) is 5.75 Å². The van der Waals surface area contributed by atoms with Crippen LogP contribution in [-0.4, -0.2) is 46.1 Å². The quantitative estimate of drug-likeness (QED) is 0.202. The van der Waals surface area contributed by atoms with Gasteiger partial charge in [-0.2, -0.15) is 0 Å². The van der Waals surface area contributed by atoms with E-state index in [1.165, 1.54) is 23.1 Å². The maximum Gasteiger partial charge on any atom is 0.455 e. The van der Waals surface area contributed by atoms with Crippen LogP contribution in [0.2, 0.25) is 6.32 Å². The highest BCUT2D eigenvalue weighted by atomic mass is 16.5. The second-order valence-corrected chi connectivity index (χ2v) is 12.8. The molecule has 0 aromatic heterocycles. The second kappa shape index (κ2) is 12.4. The van der Waals surface area contributed by atoms with Gasteiger partial charge in [0.1, 0.15) is 5.75 Å². The summed E-state index contributed by atoms with van der Waals surface area (Å²) in [5.74, 6) is -0.515. The number of hydrogen-bond acceptors (Lipinski definition) is 5. The van der Waals surface area contributed by atoms with E-state index in [-0.39, 0.29) is 47.5 Å². The Morgan fingerprint density at radius 3 is 2.50 bits per heavy atom. The number of fused-ring (bicyclic) bond motifs is 4. The molecule has 1 saturated carbocycles. The van der Waals surface area contributed by atoms with Crippen LogP contribution in [-0.2, 0) is 14.2 Å². The fourth-order valence-electron chi connectivity index (χ4n) is 8.39. The van der Waals surface area contributed by atoms with Gasteiger partial charge in [-0.1, -0.05) is 87.1 Å². The van der Waals surface area contributed by atoms with Crippen LogP contribution in [0.3, 0.4) is 0 Å². The average molecular weight is 570 g/mol. The van der Waals surface area contributed by atoms with Gasteiger partial charge >= 0.3 is 7.12 Å². The Morgan fingerprint density at radius 2 is 1.76 bits per heavy atom. The first-order valence-electron chi connectivity index (χ1n) is 16.2. The van der Waals surface area contributed by atoms with Gasteiger partial charge in [0.2, 0.25) is 11.8 Å². The molecule has 2 amide bonds. The van der Waals surface area contributed by atoms with Gasteiger partial charge < -0.3 is 14.8 Å². The Hall–Kier alpha value is -2.90. The molecule has 0 spiro atoms. The number of phenols is 1. The number of benzene rings is 2. The molecule has 2 aromatic rings. The Labute approximate surface area is 250 Å². The number of likely N-dealkylation sites (tertiary alicyclic amines) is 1. The van der Waals surface area contributed by atoms with Crippen molar-refractivity contribution in [1.29, 1.82) is 0 Å². The largest absolute Gasteiger partial charge is 0.507 e. The first-order chi connectivity index (χ1) is 20.4. The number of aromatic hydroxyl groups is 1. The standard InChI is InChI=1S/C35H44BNO5/c1-3-10-22(19-24-16-17-30(38)27-14-9-8-13-26(24)27)15-18-31-32-23(4-2)20-28-33(29(32)21-36(41)42-31)35(40)37(34(28)39)25-11-6-5-7-12-25/h8-9,13-14,16-17,19,25,28-29,31,33,38,41H,3-7,10-12,15,18,20-21H2,1-2H3/b22-19+/t28-,29+,31-,33-/m1/s1. The van der Waals surface area contributed by atoms with E-state index in [4.69, 9.17) is 4.65 Å². The molecular formula is C35H44BNO5. The number of carbonyl (C=O) groups excluding carboxylic acids is 2. The van der Waals surface area contributed by atoms with Gasteiger partial charge in [0.05, 0.1) is 17.9 Å². The monoisotopic (exact) mass is 569 g/mol. The SMILES string of the molecule is CCC/C(=C\c1ccc(O)c2ccccc12)CC[C@H]1OB(O)C[C@H]2C1=C(CC)C[C@H]1C(=O)N(C3CCCCC3)C(=O)[C@H]12. The number of hydrogen-bond donors (Lipinski definition) is 2. The van der Waals surface area contributed by atoms with Gasteiger partial charge in [-0.05, 0) is 79.8 Å². The van der Waals surface area contributed by atoms with Crippen molar-refractivity contribution in [2.75, 3.05) is 0 Å². The molecule has 0 unspecified atom stereocenters. The molecular weight excluding hydrogens is 525 g/mol. The van der Waals surface area contributed by atoms with Crippen LogP contribution in [0.5, 0.6) is 5.75 Å². The normalized spacial score (nSPS) is 27.2. The van der Waals surface area contributed by atoms with Gasteiger partial charge in [0.15, 0.2) is 0 Å². The Morgan fingerprint density at radius 1 is 1.00 bits per heavy atom. The minimum absolute atomic E-state index is 0.00632. The third kappa shape index (κ3) is 5.35. The molecule has 2 aliphatic carbocycles. The zero-order chi connectivity index (χ0) is 29.4. The van der Waals surface area contributed by atoms with E-state index >= 15 is 0 Å². The van der Waals surface area contributed by atoms with Gasteiger partial charge in [-0.15, -0.1) is 0 Å². The molecule has 2 aliphatic heterocycles. The highest BCUT2D eigenvalue weighted by Crippen LogP contribution is 2.52. The third-order valence-electron chi connectivity index (χ3n) is 10.3. The van der Waals surface area contributed by atoms with Gasteiger partial charge in [0.25, 0.3) is 0 Å². The van der Waals surface area contributed by atoms with Crippen molar-refractivity contribution < 1.29 is 24.4 Å². The number of allylic oxidation sites excluding steroid dienone is 2. The van der Waals surface area contributed by atoms with Crippen LogP contribution in [0.25, 0.3) is 16.8 Å². The van der Waals surface area contributed by atoms with Crippen molar-refractivity contribution in [1.82, 2.24) is 4.90 Å². The second-order valence-electron chi connectivity index (χ2n) is 12.8. The highest BCUT2D eigenvalue weighted by molar-refractivity contribution is 6.43. The lowest BCUT2D eigenvalue weighted by Crippen LogP contribution is -2.46. The molecule has 6 nitrogen and oxygen atoms in total. The summed E-state index contributed by atoms with van der Waals surface area (Å²) in [6, 6.07) is 11.7. The van der Waals surface area contributed by atoms with Crippen molar-refractivity contribution in [3.63, 3.8) is 0 Å². The van der Waals surface area contributed by atoms with E-state index in [9.17, 15) is 19.7 Å². The molecule has 4 atom stereocenters. The molecule has 6 rings (SSSR count). The summed E-state index contributed by atoms with van der Waals surface area (Å²) in [7, 11) is -0.938. The molecule has 4 aliphatic rings. The molecule has 0 radical (unpaired) electrons. The van der Waals surface area contributed by atoms with Crippen molar-refractivity contribution in [3.05, 3.63) is 58.7 Å². The smallest absolute Gasteiger partial charge is 0.455 e. The molecule has 3 fully saturated rings. The van der Waals surface area contributed by atoms with E-state index < -0.39 is 7.12 Å². The van der Waals surface area contributed by atoms with Crippen LogP contribution >= 0.6 is 0 Å². The van der Waals surface area contributed by atoms with Gasteiger partial charge in [0, 0.05) is 11.4 Å². The van der Waals surface area contributed by atoms with Crippen molar-refractivity contribution in [2.45, 2.75) is 103 Å². The Kier molecular flexibility index (Phi) is 8.60. The summed E-state index contributed by atoms with van der Waals surface area (Å²) >= 11 is 0. The lowest BCUT2D eigenvalue weighted by molar-refractivity contribution is -0.143. The minimum Gasteiger partial charge on any atom is -0.507 e. The predicted octanol–water partition coefficient (Wildman–Crippen LogP) is 7.05. The maximum atomic E-state index is 13.9. The molecule has 222 valence electrons. The molecule has 2 saturated heterocycles. The number of nitrogens with zero attached hydrogens (tertiary/aromatic N) is 1. The topological polar surface area (TPSA) is 87.1 Å². The molecule has 2 aromatic carbocycles. The predicted molar refractivity (Wildman–Crippen MR) is 167 cm³/mol. The zero-order valence-electron chi connectivity index (χ0n) is 25.1. The number of rotatable bonds is 8. The van der Waals surface area contributed by atoms with E-state index in [1.54, 1.807) is 11.0 Å². The van der Waals surface area contributed by atoms with E-state index in [0.29, 0.717) is 12.7 Å². The zero-order valence-corrected chi connectivity index (χ0v) is 25.1. The van der Waals surface area contributed by atoms with Crippen molar-refractivity contribution in [2.24, 2.45) is 17.8 Å². The summed E-state index contributed by atoms with van der Waals surface area (Å²) in [5, 5.41) is 23.2. The molecule has 7 heteroatoms. The average Bonchev–Trinajstić information content (AvgIpc) is 3.26. The number of imide groups is 1. The third-order valence-corrected chi connectivity index (χ3v) is 10.3. The molecule has 2 heterocycles. The van der Waals surface area contributed by atoms with Crippen molar-refractivity contribution >= 4 is 35.8 Å². The van der Waals surface area contributed by atoms with E-state index in [0.717, 1.165) is 74.1 Å². The first-order valence-corrected chi connectivity index (χ1v) is 16.2. The van der Waals surface area contributed by atoms with Gasteiger partial charge in [-0.3, -0.25) is 14.5 Å². The maximum absolute atomic E-state index is 13.9. The Bertz CT molecular complexity index is 1410. The highest BCUT2D eigenvalue weighted by Gasteiger charge is 2.58. The van der Waals surface area contributed by atoms with Crippen LogP contribution in [0.1, 0.15) is 90.0 Å². The number of phenolic OH excluding ortho intramolecular Hbond substituents is 1. The van der Waals surface area contributed by atoms with Gasteiger partial charge in [-0.25, -0.2) is 0 Å². The van der Waals surface area contributed by atoms with Crippen LogP contribution in [0.15, 0.2) is 53.1 Å². The lowest BCUT2D eigenvalue weighted by Gasteiger charge is -2.43. The molecule has 42 heavy (non-hydrogen) atoms. The first kappa shape index (κ1) is 29.2. The van der Waals surface area contributed by atoms with Crippen LogP contribution in [0, 0.1) is 17.8 Å². The summed E-state index contributed by atoms with van der Waals surface area (Å²) < 4.78 is 6.23. The van der Waals surface area contributed by atoms with E-state index in [2.05, 4.69) is 19.9 Å². The number of carbonyl (C=O) groups is 2. The molecule has 2 N–H and O–H groups in total. The minimum atomic E-state index is -0.938. The van der Waals surface area contributed by atoms with Crippen LogP contribution in [0.4, 0.5) is 0 Å². The fraction of sp³-hybridized carbons (Fsp3) is 0.543. The molecule has 0 bridgehead atoms. The fourth-order valence-corrected chi connectivity index (χ4v) is 8.39. The summed E-state index contributed by atoms with van der Waals surface area (Å²) in [6.45, 7) is 4.32.